The lowest BCUT2D eigenvalue weighted by Gasteiger charge is -2.22. The Kier molecular flexibility index (Phi) is 5.29. The molecule has 25 heavy (non-hydrogen) atoms. The molecule has 1 atom stereocenters. The van der Waals surface area contributed by atoms with Crippen molar-refractivity contribution in [3.05, 3.63) is 70.8 Å². The summed E-state index contributed by atoms with van der Waals surface area (Å²) in [5.41, 5.74) is 1.58. The molecule has 1 N–H and O–H groups in total. The fourth-order valence-electron chi connectivity index (χ4n) is 3.01. The third-order valence-corrected chi connectivity index (χ3v) is 4.31. The van der Waals surface area contributed by atoms with Crippen LogP contribution < -0.4 is 10.9 Å². The van der Waals surface area contributed by atoms with Crippen molar-refractivity contribution in [3.8, 4) is 5.69 Å². The van der Waals surface area contributed by atoms with E-state index in [4.69, 9.17) is 4.98 Å². The van der Waals surface area contributed by atoms with E-state index in [1.807, 2.05) is 54.6 Å². The van der Waals surface area contributed by atoms with Crippen LogP contribution in [-0.2, 0) is 0 Å². The molecule has 0 fully saturated rings. The first-order valence-electron chi connectivity index (χ1n) is 8.92. The molecule has 1 heterocycles. The Hall–Kier alpha value is -2.46. The number of hydrogen-bond donors (Lipinski definition) is 1. The monoisotopic (exact) mass is 335 g/mol. The second kappa shape index (κ2) is 7.62. The van der Waals surface area contributed by atoms with Crippen molar-refractivity contribution >= 4 is 10.9 Å². The Morgan fingerprint density at radius 3 is 2.40 bits per heavy atom. The molecule has 0 saturated carbocycles. The lowest BCUT2D eigenvalue weighted by Crippen LogP contribution is -2.32. The molecule has 0 radical (unpaired) electrons. The van der Waals surface area contributed by atoms with E-state index in [9.17, 15) is 4.79 Å². The number of para-hydroxylation sites is 2. The van der Waals surface area contributed by atoms with Gasteiger partial charge in [0.05, 0.1) is 22.6 Å². The van der Waals surface area contributed by atoms with Crippen LogP contribution in [0.15, 0.2) is 59.4 Å². The molecule has 4 nitrogen and oxygen atoms in total. The summed E-state index contributed by atoms with van der Waals surface area (Å²) in [6.07, 6.45) is 0.865. The highest BCUT2D eigenvalue weighted by molar-refractivity contribution is 5.77. The topological polar surface area (TPSA) is 46.9 Å². The molecular formula is C21H25N3O. The number of rotatable bonds is 6. The minimum Gasteiger partial charge on any atom is -0.307 e. The van der Waals surface area contributed by atoms with Crippen LogP contribution in [0.25, 0.3) is 16.6 Å². The summed E-state index contributed by atoms with van der Waals surface area (Å²) < 4.78 is 1.75. The molecule has 3 rings (SSSR count). The van der Waals surface area contributed by atoms with E-state index in [1.165, 1.54) is 0 Å². The maximum atomic E-state index is 13.2. The minimum atomic E-state index is -0.0170. The smallest absolute Gasteiger partial charge is 0.266 e. The minimum absolute atomic E-state index is 0.0170. The molecule has 0 amide bonds. The number of hydrogen-bond acceptors (Lipinski definition) is 3. The molecule has 0 bridgehead atoms. The summed E-state index contributed by atoms with van der Waals surface area (Å²) in [5, 5.41) is 4.21. The van der Waals surface area contributed by atoms with E-state index in [0.717, 1.165) is 30.0 Å². The summed E-state index contributed by atoms with van der Waals surface area (Å²) in [5.74, 6) is 1.31. The van der Waals surface area contributed by atoms with Gasteiger partial charge in [-0.1, -0.05) is 51.1 Å². The predicted molar refractivity (Wildman–Crippen MR) is 103 cm³/mol. The quantitative estimate of drug-likeness (QED) is 0.738. The summed E-state index contributed by atoms with van der Waals surface area (Å²) >= 11 is 0. The van der Waals surface area contributed by atoms with Gasteiger partial charge in [0, 0.05) is 0 Å². The summed E-state index contributed by atoms with van der Waals surface area (Å²) in [6.45, 7) is 7.36. The summed E-state index contributed by atoms with van der Waals surface area (Å²) in [6, 6.07) is 17.3. The van der Waals surface area contributed by atoms with Crippen molar-refractivity contribution in [1.82, 2.24) is 14.9 Å². The number of benzene rings is 2. The Labute approximate surface area is 148 Å². The zero-order valence-corrected chi connectivity index (χ0v) is 15.1. The normalized spacial score (nSPS) is 12.6. The molecule has 0 saturated heterocycles. The predicted octanol–water partition coefficient (Wildman–Crippen LogP) is 4.08. The van der Waals surface area contributed by atoms with Crippen molar-refractivity contribution in [1.29, 1.82) is 0 Å². The highest BCUT2D eigenvalue weighted by Crippen LogP contribution is 2.20. The molecule has 0 unspecified atom stereocenters. The van der Waals surface area contributed by atoms with Crippen molar-refractivity contribution in [2.75, 3.05) is 6.54 Å². The van der Waals surface area contributed by atoms with Crippen LogP contribution in [0.2, 0.25) is 0 Å². The number of nitrogens with zero attached hydrogens (tertiary/aromatic N) is 2. The summed E-state index contributed by atoms with van der Waals surface area (Å²) in [4.78, 5) is 18.1. The molecule has 130 valence electrons. The Morgan fingerprint density at radius 1 is 1.04 bits per heavy atom. The highest BCUT2D eigenvalue weighted by Gasteiger charge is 2.19. The molecular weight excluding hydrogens is 310 g/mol. The van der Waals surface area contributed by atoms with Gasteiger partial charge in [-0.05, 0) is 43.1 Å². The zero-order valence-electron chi connectivity index (χ0n) is 15.1. The van der Waals surface area contributed by atoms with Gasteiger partial charge in [0.2, 0.25) is 0 Å². The molecule has 0 aliphatic rings. The van der Waals surface area contributed by atoms with Crippen LogP contribution in [0.4, 0.5) is 0 Å². The van der Waals surface area contributed by atoms with E-state index < -0.39 is 0 Å². The third kappa shape index (κ3) is 3.64. The summed E-state index contributed by atoms with van der Waals surface area (Å²) in [7, 11) is 0. The van der Waals surface area contributed by atoms with Gasteiger partial charge in [-0.15, -0.1) is 0 Å². The third-order valence-electron chi connectivity index (χ3n) is 4.31. The van der Waals surface area contributed by atoms with Crippen LogP contribution in [0.1, 0.15) is 39.1 Å². The Bertz CT molecular complexity index is 900. The zero-order chi connectivity index (χ0) is 17.8. The van der Waals surface area contributed by atoms with Crippen LogP contribution >= 0.6 is 0 Å². The molecule has 0 aliphatic heterocycles. The van der Waals surface area contributed by atoms with Crippen LogP contribution in [0, 0.1) is 5.92 Å². The Balaban J connectivity index is 2.23. The average Bonchev–Trinajstić information content (AvgIpc) is 2.63. The first kappa shape index (κ1) is 17.4. The number of aromatic nitrogens is 2. The lowest BCUT2D eigenvalue weighted by atomic mass is 10.1. The van der Waals surface area contributed by atoms with E-state index in [0.29, 0.717) is 11.3 Å². The van der Waals surface area contributed by atoms with Crippen molar-refractivity contribution in [2.45, 2.75) is 33.2 Å². The molecule has 0 aliphatic carbocycles. The van der Waals surface area contributed by atoms with Gasteiger partial charge in [-0.2, -0.15) is 0 Å². The fraction of sp³-hybridized carbons (Fsp3) is 0.333. The van der Waals surface area contributed by atoms with Crippen molar-refractivity contribution in [3.63, 3.8) is 0 Å². The van der Waals surface area contributed by atoms with Crippen LogP contribution in [0.5, 0.6) is 0 Å². The number of fused-ring (bicyclic) bond motifs is 1. The first-order chi connectivity index (χ1) is 12.1. The van der Waals surface area contributed by atoms with Gasteiger partial charge in [0.15, 0.2) is 0 Å². The van der Waals surface area contributed by atoms with Gasteiger partial charge in [-0.3, -0.25) is 9.36 Å². The van der Waals surface area contributed by atoms with Gasteiger partial charge in [0.1, 0.15) is 5.82 Å². The van der Waals surface area contributed by atoms with Gasteiger partial charge in [0.25, 0.3) is 5.56 Å². The van der Waals surface area contributed by atoms with Gasteiger partial charge >= 0.3 is 0 Å². The Morgan fingerprint density at radius 2 is 1.72 bits per heavy atom. The maximum absolute atomic E-state index is 13.2. The van der Waals surface area contributed by atoms with Gasteiger partial charge < -0.3 is 5.32 Å². The second-order valence-electron chi connectivity index (χ2n) is 6.73. The molecule has 4 heteroatoms. The molecule has 2 aromatic carbocycles. The van der Waals surface area contributed by atoms with Crippen molar-refractivity contribution in [2.24, 2.45) is 5.92 Å². The second-order valence-corrected chi connectivity index (χ2v) is 6.73. The number of nitrogens with one attached hydrogen (secondary N) is 1. The largest absolute Gasteiger partial charge is 0.307 e. The van der Waals surface area contributed by atoms with Crippen LogP contribution in [-0.4, -0.2) is 16.1 Å². The van der Waals surface area contributed by atoms with Crippen LogP contribution in [0.3, 0.4) is 0 Å². The standard InChI is InChI=1S/C21H25N3O/c1-4-18(22-14-15(2)3)20-23-19-13-9-8-12-17(19)21(25)24(20)16-10-6-5-7-11-16/h5-13,15,18,22H,4,14H2,1-3H3/t18-/m1/s1. The molecule has 3 aromatic rings. The highest BCUT2D eigenvalue weighted by atomic mass is 16.1. The average molecular weight is 335 g/mol. The molecule has 1 aromatic heterocycles. The fourth-order valence-corrected chi connectivity index (χ4v) is 3.01. The van der Waals surface area contributed by atoms with E-state index in [2.05, 4.69) is 26.1 Å². The SMILES string of the molecule is CC[C@@H](NCC(C)C)c1nc2ccccc2c(=O)n1-c1ccccc1. The maximum Gasteiger partial charge on any atom is 0.266 e. The van der Waals surface area contributed by atoms with E-state index >= 15 is 0 Å². The van der Waals surface area contributed by atoms with E-state index in [1.54, 1.807) is 4.57 Å². The van der Waals surface area contributed by atoms with E-state index in [-0.39, 0.29) is 11.6 Å². The molecule has 0 spiro atoms. The van der Waals surface area contributed by atoms with Crippen molar-refractivity contribution < 1.29 is 0 Å². The van der Waals surface area contributed by atoms with Gasteiger partial charge in [-0.25, -0.2) is 4.98 Å². The first-order valence-corrected chi connectivity index (χ1v) is 8.92. The lowest BCUT2D eigenvalue weighted by molar-refractivity contribution is 0.442.